The lowest BCUT2D eigenvalue weighted by atomic mass is 9.97. The molecule has 0 fully saturated rings. The summed E-state index contributed by atoms with van der Waals surface area (Å²) in [5, 5.41) is 7.95. The van der Waals surface area contributed by atoms with Gasteiger partial charge >= 0.3 is 0 Å². The number of aromatic amines is 1. The second-order valence-electron chi connectivity index (χ2n) is 6.33. The Morgan fingerprint density at radius 1 is 1.22 bits per heavy atom. The fraction of sp³-hybridized carbons (Fsp3) is 0.250. The van der Waals surface area contributed by atoms with Crippen LogP contribution in [0.3, 0.4) is 0 Å². The van der Waals surface area contributed by atoms with Crippen LogP contribution in [0.2, 0.25) is 0 Å². The molecule has 7 heteroatoms. The van der Waals surface area contributed by atoms with Gasteiger partial charge in [0, 0.05) is 19.5 Å². The topological polar surface area (TPSA) is 84.5 Å². The summed E-state index contributed by atoms with van der Waals surface area (Å²) >= 11 is 0. The van der Waals surface area contributed by atoms with E-state index in [1.54, 1.807) is 32.4 Å². The van der Waals surface area contributed by atoms with E-state index in [-0.39, 0.29) is 24.0 Å². The second kappa shape index (κ2) is 7.49. The molecule has 1 N–H and O–H groups in total. The van der Waals surface area contributed by atoms with Crippen molar-refractivity contribution in [2.75, 3.05) is 27.8 Å². The molecule has 0 spiro atoms. The maximum atomic E-state index is 12.3. The Labute approximate surface area is 156 Å². The van der Waals surface area contributed by atoms with Crippen molar-refractivity contribution in [3.8, 4) is 22.6 Å². The number of likely N-dealkylation sites (N-methyl/N-ethyl adjacent to an activating group) is 1. The predicted octanol–water partition coefficient (Wildman–Crippen LogP) is 2.91. The zero-order valence-corrected chi connectivity index (χ0v) is 15.7. The van der Waals surface area contributed by atoms with E-state index >= 15 is 0 Å². The van der Waals surface area contributed by atoms with Gasteiger partial charge in [0.05, 0.1) is 24.4 Å². The van der Waals surface area contributed by atoms with Crippen molar-refractivity contribution in [2.24, 2.45) is 0 Å². The number of rotatable bonds is 6. The van der Waals surface area contributed by atoms with Gasteiger partial charge in [0.2, 0.25) is 0 Å². The molecule has 0 saturated heterocycles. The maximum Gasteiger partial charge on any atom is 0.259 e. The summed E-state index contributed by atoms with van der Waals surface area (Å²) in [6.45, 7) is 1.28. The number of hydrogen-bond acceptors (Lipinski definition) is 5. The number of amides is 1. The van der Waals surface area contributed by atoms with Gasteiger partial charge in [-0.3, -0.25) is 14.7 Å². The molecule has 27 heavy (non-hydrogen) atoms. The Kier molecular flexibility index (Phi) is 5.12. The highest BCUT2D eigenvalue weighted by atomic mass is 16.5. The van der Waals surface area contributed by atoms with Crippen LogP contribution < -0.4 is 9.47 Å². The minimum Gasteiger partial charge on any atom is -0.493 e. The summed E-state index contributed by atoms with van der Waals surface area (Å²) in [5.41, 5.74) is 2.97. The minimum absolute atomic E-state index is 0.179. The molecule has 0 aliphatic carbocycles. The number of nitrogens with one attached hydrogen (secondary N) is 1. The average Bonchev–Trinajstić information content (AvgIpc) is 3.13. The number of methoxy groups -OCH3 is 1. The molecule has 0 radical (unpaired) electrons. The highest BCUT2D eigenvalue weighted by molar-refractivity contribution is 6.01. The summed E-state index contributed by atoms with van der Waals surface area (Å²) in [4.78, 5) is 25.6. The van der Waals surface area contributed by atoms with Crippen LogP contribution in [0.5, 0.6) is 11.5 Å². The molecule has 1 amide bonds. The molecule has 0 aliphatic heterocycles. The molecule has 0 bridgehead atoms. The summed E-state index contributed by atoms with van der Waals surface area (Å²) in [7, 11) is 4.79. The third-order valence-corrected chi connectivity index (χ3v) is 4.29. The maximum absolute atomic E-state index is 12.3. The van der Waals surface area contributed by atoms with Crippen LogP contribution in [0.15, 0.2) is 36.5 Å². The highest BCUT2D eigenvalue weighted by Gasteiger charge is 2.19. The molecule has 1 heterocycles. The lowest BCUT2D eigenvalue weighted by Crippen LogP contribution is -2.28. The van der Waals surface area contributed by atoms with Crippen LogP contribution in [0.1, 0.15) is 17.3 Å². The van der Waals surface area contributed by atoms with Gasteiger partial charge in [0.1, 0.15) is 0 Å². The van der Waals surface area contributed by atoms with Crippen molar-refractivity contribution in [3.05, 3.63) is 42.1 Å². The van der Waals surface area contributed by atoms with Gasteiger partial charge < -0.3 is 14.4 Å². The van der Waals surface area contributed by atoms with E-state index < -0.39 is 0 Å². The van der Waals surface area contributed by atoms with Crippen LogP contribution in [-0.2, 0) is 4.79 Å². The Morgan fingerprint density at radius 3 is 2.67 bits per heavy atom. The molecule has 0 aliphatic rings. The number of nitrogens with zero attached hydrogens (tertiary/aromatic N) is 2. The number of Topliss-reactive ketones (excluding diaryl/α,β-unsaturated/α-hetero) is 1. The molecule has 7 nitrogen and oxygen atoms in total. The van der Waals surface area contributed by atoms with E-state index in [4.69, 9.17) is 9.47 Å². The Bertz CT molecular complexity index is 1010. The molecule has 140 valence electrons. The molecule has 1 aromatic heterocycles. The van der Waals surface area contributed by atoms with Gasteiger partial charge in [-0.25, -0.2) is 0 Å². The Balaban J connectivity index is 2.10. The SMILES string of the molecule is COc1cc(-c2cccc3[nH]ncc23)cc(C(C)=O)c1OCC(=O)N(C)C. The van der Waals surface area contributed by atoms with Gasteiger partial charge in [-0.05, 0) is 36.2 Å². The van der Waals surface area contributed by atoms with Crippen molar-refractivity contribution in [1.82, 2.24) is 15.1 Å². The molecule has 3 rings (SSSR count). The number of carbonyl (C=O) groups excluding carboxylic acids is 2. The largest absolute Gasteiger partial charge is 0.493 e. The first-order valence-corrected chi connectivity index (χ1v) is 8.40. The smallest absolute Gasteiger partial charge is 0.259 e. The van der Waals surface area contributed by atoms with E-state index in [0.717, 1.165) is 22.0 Å². The van der Waals surface area contributed by atoms with Gasteiger partial charge in [0.15, 0.2) is 23.9 Å². The van der Waals surface area contributed by atoms with Crippen LogP contribution in [-0.4, -0.2) is 54.6 Å². The molecular weight excluding hydrogens is 346 g/mol. The zero-order valence-electron chi connectivity index (χ0n) is 15.7. The second-order valence-corrected chi connectivity index (χ2v) is 6.33. The lowest BCUT2D eigenvalue weighted by molar-refractivity contribution is -0.130. The molecule has 3 aromatic rings. The summed E-state index contributed by atoms with van der Waals surface area (Å²) in [6, 6.07) is 9.34. The summed E-state index contributed by atoms with van der Waals surface area (Å²) < 4.78 is 11.1. The fourth-order valence-electron chi connectivity index (χ4n) is 2.80. The molecule has 0 saturated carbocycles. The zero-order chi connectivity index (χ0) is 19.6. The third-order valence-electron chi connectivity index (χ3n) is 4.29. The normalized spacial score (nSPS) is 10.7. The van der Waals surface area contributed by atoms with Crippen LogP contribution >= 0.6 is 0 Å². The Morgan fingerprint density at radius 2 is 2.00 bits per heavy atom. The van der Waals surface area contributed by atoms with Gasteiger partial charge in [-0.2, -0.15) is 5.10 Å². The first-order chi connectivity index (χ1) is 12.9. The standard InChI is InChI=1S/C20H21N3O4/c1-12(24)15-8-13(14-6-5-7-17-16(14)10-21-22-17)9-18(26-4)20(15)27-11-19(25)23(2)3/h5-10H,11H2,1-4H3,(H,21,22). The van der Waals surface area contributed by atoms with E-state index in [0.29, 0.717) is 11.3 Å². The number of hydrogen-bond donors (Lipinski definition) is 1. The minimum atomic E-state index is -0.209. The highest BCUT2D eigenvalue weighted by Crippen LogP contribution is 2.38. The van der Waals surface area contributed by atoms with Gasteiger partial charge in [0.25, 0.3) is 5.91 Å². The molecule has 0 atom stereocenters. The van der Waals surface area contributed by atoms with E-state index in [9.17, 15) is 9.59 Å². The van der Waals surface area contributed by atoms with E-state index in [1.165, 1.54) is 18.9 Å². The average molecular weight is 367 g/mol. The molecule has 2 aromatic carbocycles. The van der Waals surface area contributed by atoms with Crippen molar-refractivity contribution >= 4 is 22.6 Å². The first kappa shape index (κ1) is 18.4. The number of fused-ring (bicyclic) bond motifs is 1. The lowest BCUT2D eigenvalue weighted by Gasteiger charge is -2.17. The van der Waals surface area contributed by atoms with Crippen LogP contribution in [0.4, 0.5) is 0 Å². The number of carbonyl (C=O) groups is 2. The predicted molar refractivity (Wildman–Crippen MR) is 102 cm³/mol. The van der Waals surface area contributed by atoms with Gasteiger partial charge in [-0.1, -0.05) is 12.1 Å². The first-order valence-electron chi connectivity index (χ1n) is 8.40. The number of ketones is 1. The van der Waals surface area contributed by atoms with Crippen molar-refractivity contribution in [3.63, 3.8) is 0 Å². The van der Waals surface area contributed by atoms with E-state index in [1.807, 2.05) is 18.2 Å². The van der Waals surface area contributed by atoms with Gasteiger partial charge in [-0.15, -0.1) is 0 Å². The monoisotopic (exact) mass is 367 g/mol. The molecular formula is C20H21N3O4. The quantitative estimate of drug-likeness (QED) is 0.677. The number of ether oxygens (including phenoxy) is 2. The van der Waals surface area contributed by atoms with Crippen LogP contribution in [0.25, 0.3) is 22.0 Å². The number of aromatic nitrogens is 2. The fourth-order valence-corrected chi connectivity index (χ4v) is 2.80. The number of H-pyrrole nitrogens is 1. The van der Waals surface area contributed by atoms with E-state index in [2.05, 4.69) is 10.2 Å². The summed E-state index contributed by atoms with van der Waals surface area (Å²) in [6.07, 6.45) is 1.74. The van der Waals surface area contributed by atoms with Crippen molar-refractivity contribution in [1.29, 1.82) is 0 Å². The third kappa shape index (κ3) is 3.62. The Hall–Kier alpha value is -3.35. The molecule has 0 unspecified atom stereocenters. The number of benzene rings is 2. The van der Waals surface area contributed by atoms with Crippen molar-refractivity contribution in [2.45, 2.75) is 6.92 Å². The van der Waals surface area contributed by atoms with Crippen LogP contribution in [0, 0.1) is 0 Å². The van der Waals surface area contributed by atoms with Crippen molar-refractivity contribution < 1.29 is 19.1 Å². The summed E-state index contributed by atoms with van der Waals surface area (Å²) in [5.74, 6) is 0.272.